The molecular formula is C26H30N6S2. The van der Waals surface area contributed by atoms with Crippen molar-refractivity contribution in [2.24, 2.45) is 0 Å². The number of nitrogens with zero attached hydrogens (tertiary/aromatic N) is 6. The lowest BCUT2D eigenvalue weighted by Gasteiger charge is -2.37. The van der Waals surface area contributed by atoms with Crippen molar-refractivity contribution < 1.29 is 0 Å². The molecule has 5 heterocycles. The molecule has 7 rings (SSSR count). The average molecular weight is 491 g/mol. The van der Waals surface area contributed by atoms with E-state index in [0.29, 0.717) is 0 Å². The van der Waals surface area contributed by atoms with E-state index in [4.69, 9.17) is 19.9 Å². The van der Waals surface area contributed by atoms with Crippen LogP contribution in [-0.2, 0) is 25.7 Å². The SMILES string of the molecule is Cc1nc(N2CCN(c3nc(C)nc4sc5c(c34)CCCC5)CC2)c2c3c(sc2n1)CCCC3. The molecule has 34 heavy (non-hydrogen) atoms. The number of piperazine rings is 1. The molecule has 0 atom stereocenters. The lowest BCUT2D eigenvalue weighted by atomic mass is 9.96. The summed E-state index contributed by atoms with van der Waals surface area (Å²) in [6, 6.07) is 0. The predicted octanol–water partition coefficient (Wildman–Crippen LogP) is 5.40. The first-order chi connectivity index (χ1) is 16.7. The van der Waals surface area contributed by atoms with E-state index in [9.17, 15) is 0 Å². The molecule has 1 aliphatic heterocycles. The standard InChI is InChI=1S/C26H30N6S2/c1-15-27-23(21-17-7-3-5-9-19(17)33-25(21)29-15)31-11-13-32(14-12-31)24-22-18-8-4-6-10-20(18)34-26(22)30-16(2)28-24/h3-14H2,1-2H3. The molecule has 8 heteroatoms. The van der Waals surface area contributed by atoms with E-state index in [-0.39, 0.29) is 0 Å². The Morgan fingerprint density at radius 1 is 0.559 bits per heavy atom. The number of aromatic nitrogens is 4. The molecular weight excluding hydrogens is 460 g/mol. The zero-order valence-electron chi connectivity index (χ0n) is 20.0. The van der Waals surface area contributed by atoms with Gasteiger partial charge in [0, 0.05) is 35.9 Å². The van der Waals surface area contributed by atoms with E-state index < -0.39 is 0 Å². The first-order valence-corrected chi connectivity index (χ1v) is 14.4. The van der Waals surface area contributed by atoms with E-state index >= 15 is 0 Å². The molecule has 2 aliphatic carbocycles. The van der Waals surface area contributed by atoms with Crippen LogP contribution < -0.4 is 9.80 Å². The molecule has 0 bridgehead atoms. The highest BCUT2D eigenvalue weighted by Gasteiger charge is 2.28. The number of fused-ring (bicyclic) bond motifs is 6. The van der Waals surface area contributed by atoms with E-state index in [2.05, 4.69) is 9.80 Å². The van der Waals surface area contributed by atoms with Crippen LogP contribution in [0.15, 0.2) is 0 Å². The minimum Gasteiger partial charge on any atom is -0.352 e. The highest BCUT2D eigenvalue weighted by atomic mass is 32.1. The number of hydrogen-bond donors (Lipinski definition) is 0. The predicted molar refractivity (Wildman–Crippen MR) is 142 cm³/mol. The van der Waals surface area contributed by atoms with Gasteiger partial charge in [0.25, 0.3) is 0 Å². The summed E-state index contributed by atoms with van der Waals surface area (Å²) >= 11 is 3.81. The van der Waals surface area contributed by atoms with Crippen LogP contribution >= 0.6 is 22.7 Å². The number of aryl methyl sites for hydroxylation is 6. The fraction of sp³-hybridized carbons (Fsp3) is 0.538. The van der Waals surface area contributed by atoms with Gasteiger partial charge >= 0.3 is 0 Å². The number of hydrogen-bond acceptors (Lipinski definition) is 8. The molecule has 1 fully saturated rings. The van der Waals surface area contributed by atoms with E-state index in [1.807, 2.05) is 36.5 Å². The second kappa shape index (κ2) is 8.12. The second-order valence-electron chi connectivity index (χ2n) is 9.95. The van der Waals surface area contributed by atoms with Crippen molar-refractivity contribution in [3.8, 4) is 0 Å². The van der Waals surface area contributed by atoms with Crippen molar-refractivity contribution in [1.29, 1.82) is 0 Å². The van der Waals surface area contributed by atoms with Gasteiger partial charge in [-0.3, -0.25) is 0 Å². The Labute approximate surface area is 208 Å². The number of thiophene rings is 2. The molecule has 0 saturated carbocycles. The Morgan fingerprint density at radius 2 is 0.971 bits per heavy atom. The van der Waals surface area contributed by atoms with Crippen LogP contribution in [0.2, 0.25) is 0 Å². The normalized spacial score (nSPS) is 18.5. The Morgan fingerprint density at radius 3 is 1.41 bits per heavy atom. The minimum atomic E-state index is 0.890. The first-order valence-electron chi connectivity index (χ1n) is 12.7. The Bertz CT molecular complexity index is 1300. The third-order valence-corrected chi connectivity index (χ3v) is 10.1. The molecule has 0 radical (unpaired) electrons. The second-order valence-corrected chi connectivity index (χ2v) is 12.1. The summed E-state index contributed by atoms with van der Waals surface area (Å²) in [5, 5.41) is 2.68. The van der Waals surface area contributed by atoms with Gasteiger partial charge < -0.3 is 9.80 Å². The smallest absolute Gasteiger partial charge is 0.141 e. The largest absolute Gasteiger partial charge is 0.352 e. The molecule has 0 unspecified atom stereocenters. The van der Waals surface area contributed by atoms with Crippen LogP contribution in [0, 0.1) is 13.8 Å². The summed E-state index contributed by atoms with van der Waals surface area (Å²) in [5.74, 6) is 4.11. The molecule has 4 aromatic rings. The number of anilines is 2. The van der Waals surface area contributed by atoms with Gasteiger partial charge in [0.2, 0.25) is 0 Å². The van der Waals surface area contributed by atoms with Crippen LogP contribution in [0.4, 0.5) is 11.6 Å². The Kier molecular flexibility index (Phi) is 5.02. The molecule has 1 saturated heterocycles. The Hall–Kier alpha value is -2.32. The van der Waals surface area contributed by atoms with Crippen molar-refractivity contribution in [3.05, 3.63) is 32.5 Å². The molecule has 3 aliphatic rings. The van der Waals surface area contributed by atoms with Crippen molar-refractivity contribution in [2.45, 2.75) is 65.2 Å². The zero-order valence-corrected chi connectivity index (χ0v) is 21.6. The van der Waals surface area contributed by atoms with E-state index in [1.165, 1.54) is 94.6 Å². The topological polar surface area (TPSA) is 58.0 Å². The van der Waals surface area contributed by atoms with Crippen LogP contribution in [0.25, 0.3) is 20.4 Å². The molecule has 0 N–H and O–H groups in total. The van der Waals surface area contributed by atoms with Crippen molar-refractivity contribution in [1.82, 2.24) is 19.9 Å². The maximum absolute atomic E-state index is 5.00. The highest BCUT2D eigenvalue weighted by Crippen LogP contribution is 2.42. The van der Waals surface area contributed by atoms with Crippen molar-refractivity contribution >= 4 is 54.7 Å². The summed E-state index contributed by atoms with van der Waals surface area (Å²) in [6.07, 6.45) is 9.94. The summed E-state index contributed by atoms with van der Waals surface area (Å²) in [7, 11) is 0. The van der Waals surface area contributed by atoms with Crippen molar-refractivity contribution in [3.63, 3.8) is 0 Å². The minimum absolute atomic E-state index is 0.890. The van der Waals surface area contributed by atoms with Crippen LogP contribution in [0.5, 0.6) is 0 Å². The monoisotopic (exact) mass is 490 g/mol. The lowest BCUT2D eigenvalue weighted by molar-refractivity contribution is 0.641. The summed E-state index contributed by atoms with van der Waals surface area (Å²) in [4.78, 5) is 30.1. The van der Waals surface area contributed by atoms with Gasteiger partial charge in [-0.05, 0) is 76.3 Å². The summed E-state index contributed by atoms with van der Waals surface area (Å²) in [6.45, 7) is 7.94. The third kappa shape index (κ3) is 3.33. The molecule has 4 aromatic heterocycles. The van der Waals surface area contributed by atoms with Gasteiger partial charge in [0.1, 0.15) is 32.9 Å². The highest BCUT2D eigenvalue weighted by molar-refractivity contribution is 7.19. The molecule has 0 amide bonds. The lowest BCUT2D eigenvalue weighted by Crippen LogP contribution is -2.47. The zero-order chi connectivity index (χ0) is 22.8. The van der Waals surface area contributed by atoms with E-state index in [0.717, 1.165) is 37.8 Å². The fourth-order valence-corrected chi connectivity index (χ4v) is 8.67. The molecule has 176 valence electrons. The Balaban J connectivity index is 1.23. The average Bonchev–Trinajstić information content (AvgIpc) is 3.40. The summed E-state index contributed by atoms with van der Waals surface area (Å²) in [5.41, 5.74) is 3.06. The van der Waals surface area contributed by atoms with Crippen LogP contribution in [0.3, 0.4) is 0 Å². The van der Waals surface area contributed by atoms with Gasteiger partial charge in [-0.25, -0.2) is 19.9 Å². The number of rotatable bonds is 2. The van der Waals surface area contributed by atoms with Gasteiger partial charge in [-0.1, -0.05) is 0 Å². The summed E-state index contributed by atoms with van der Waals surface area (Å²) < 4.78 is 0. The molecule has 0 spiro atoms. The molecule has 0 aromatic carbocycles. The fourth-order valence-electron chi connectivity index (χ4n) is 6.07. The van der Waals surface area contributed by atoms with E-state index in [1.54, 1.807) is 9.75 Å². The van der Waals surface area contributed by atoms with Gasteiger partial charge in [-0.2, -0.15) is 0 Å². The maximum atomic E-state index is 5.00. The first kappa shape index (κ1) is 21.0. The van der Waals surface area contributed by atoms with Crippen LogP contribution in [-0.4, -0.2) is 46.1 Å². The van der Waals surface area contributed by atoms with Crippen LogP contribution in [0.1, 0.15) is 58.2 Å². The quantitative estimate of drug-likeness (QED) is 0.375. The molecule has 6 nitrogen and oxygen atoms in total. The van der Waals surface area contributed by atoms with Crippen molar-refractivity contribution in [2.75, 3.05) is 36.0 Å². The maximum Gasteiger partial charge on any atom is 0.141 e. The third-order valence-electron chi connectivity index (χ3n) is 7.69. The van der Waals surface area contributed by atoms with Gasteiger partial charge in [0.05, 0.1) is 10.8 Å². The van der Waals surface area contributed by atoms with Gasteiger partial charge in [0.15, 0.2) is 0 Å². The van der Waals surface area contributed by atoms with Gasteiger partial charge in [-0.15, -0.1) is 22.7 Å².